The van der Waals surface area contributed by atoms with Gasteiger partial charge in [-0.15, -0.1) is 0 Å². The molecule has 1 aliphatic rings. The van der Waals surface area contributed by atoms with Crippen LogP contribution in [0, 0.1) is 17.8 Å². The molecule has 1 rings (SSSR count). The first-order valence-electron chi connectivity index (χ1n) is 5.39. The lowest BCUT2D eigenvalue weighted by Crippen LogP contribution is -2.22. The predicted octanol–water partition coefficient (Wildman–Crippen LogP) is 2.79. The smallest absolute Gasteiger partial charge is 0.161 e. The average molecular weight is 196 g/mol. The third kappa shape index (κ3) is 2.86. The normalized spacial score (nSPS) is 27.8. The highest BCUT2D eigenvalue weighted by Crippen LogP contribution is 2.27. The van der Waals surface area contributed by atoms with Gasteiger partial charge in [-0.05, 0) is 12.3 Å². The van der Waals surface area contributed by atoms with Crippen LogP contribution in [0.3, 0.4) is 0 Å². The van der Waals surface area contributed by atoms with Crippen molar-refractivity contribution in [2.45, 2.75) is 34.1 Å². The Morgan fingerprint density at radius 1 is 1.43 bits per heavy atom. The minimum atomic E-state index is 0.163. The van der Waals surface area contributed by atoms with E-state index in [2.05, 4.69) is 20.8 Å². The number of ether oxygens (including phenoxy) is 1. The molecular formula is C12H20O2. The van der Waals surface area contributed by atoms with Crippen molar-refractivity contribution >= 4 is 5.78 Å². The third-order valence-electron chi connectivity index (χ3n) is 2.55. The van der Waals surface area contributed by atoms with Crippen LogP contribution >= 0.6 is 0 Å². The van der Waals surface area contributed by atoms with E-state index in [0.717, 1.165) is 12.2 Å². The van der Waals surface area contributed by atoms with Crippen LogP contribution < -0.4 is 0 Å². The summed E-state index contributed by atoms with van der Waals surface area (Å²) in [6.45, 7) is 9.03. The van der Waals surface area contributed by atoms with E-state index in [-0.39, 0.29) is 11.7 Å². The molecule has 2 atom stereocenters. The van der Waals surface area contributed by atoms with Crippen molar-refractivity contribution in [3.63, 3.8) is 0 Å². The topological polar surface area (TPSA) is 26.3 Å². The molecule has 0 aromatic carbocycles. The van der Waals surface area contributed by atoms with Crippen LogP contribution in [0.1, 0.15) is 34.1 Å². The highest BCUT2D eigenvalue weighted by Gasteiger charge is 2.25. The second kappa shape index (κ2) is 4.63. The van der Waals surface area contributed by atoms with Crippen molar-refractivity contribution in [1.29, 1.82) is 0 Å². The van der Waals surface area contributed by atoms with Gasteiger partial charge in [-0.25, -0.2) is 0 Å². The minimum absolute atomic E-state index is 0.163. The zero-order valence-electron chi connectivity index (χ0n) is 9.54. The van der Waals surface area contributed by atoms with Crippen molar-refractivity contribution in [3.8, 4) is 0 Å². The number of hydrogen-bond acceptors (Lipinski definition) is 2. The number of carbonyl (C=O) groups is 1. The van der Waals surface area contributed by atoms with Gasteiger partial charge in [0.05, 0.1) is 6.61 Å². The molecule has 0 heterocycles. The van der Waals surface area contributed by atoms with Crippen LogP contribution in [-0.4, -0.2) is 12.4 Å². The van der Waals surface area contributed by atoms with E-state index in [1.54, 1.807) is 6.08 Å². The Hall–Kier alpha value is -0.790. The van der Waals surface area contributed by atoms with Gasteiger partial charge in [0, 0.05) is 17.9 Å². The molecule has 0 aliphatic heterocycles. The van der Waals surface area contributed by atoms with Gasteiger partial charge in [-0.1, -0.05) is 27.7 Å². The average Bonchev–Trinajstić information content (AvgIpc) is 2.09. The van der Waals surface area contributed by atoms with E-state index in [1.165, 1.54) is 0 Å². The largest absolute Gasteiger partial charge is 0.497 e. The lowest BCUT2D eigenvalue weighted by molar-refractivity contribution is -0.119. The molecule has 0 saturated heterocycles. The summed E-state index contributed by atoms with van der Waals surface area (Å²) in [5, 5.41) is 0. The molecule has 2 nitrogen and oxygen atoms in total. The molecule has 0 radical (unpaired) electrons. The molecule has 2 heteroatoms. The first-order valence-corrected chi connectivity index (χ1v) is 5.39. The third-order valence-corrected chi connectivity index (χ3v) is 2.55. The van der Waals surface area contributed by atoms with Gasteiger partial charge in [0.25, 0.3) is 0 Å². The van der Waals surface area contributed by atoms with Gasteiger partial charge < -0.3 is 4.74 Å². The highest BCUT2D eigenvalue weighted by molar-refractivity contribution is 5.92. The van der Waals surface area contributed by atoms with Gasteiger partial charge in [0.15, 0.2) is 5.78 Å². The van der Waals surface area contributed by atoms with Crippen LogP contribution in [0.5, 0.6) is 0 Å². The van der Waals surface area contributed by atoms with E-state index < -0.39 is 0 Å². The van der Waals surface area contributed by atoms with E-state index >= 15 is 0 Å². The lowest BCUT2D eigenvalue weighted by atomic mass is 9.86. The summed E-state index contributed by atoms with van der Waals surface area (Å²) in [4.78, 5) is 11.4. The first-order chi connectivity index (χ1) is 6.50. The van der Waals surface area contributed by atoms with Crippen LogP contribution in [0.4, 0.5) is 0 Å². The molecule has 0 amide bonds. The van der Waals surface area contributed by atoms with Gasteiger partial charge in [0.2, 0.25) is 0 Å². The Balaban J connectivity index is 2.58. The number of carbonyl (C=O) groups excluding carboxylic acids is 1. The molecule has 0 N–H and O–H groups in total. The predicted molar refractivity (Wildman–Crippen MR) is 56.8 cm³/mol. The van der Waals surface area contributed by atoms with Crippen molar-refractivity contribution in [3.05, 3.63) is 11.8 Å². The van der Waals surface area contributed by atoms with Crippen LogP contribution in [0.25, 0.3) is 0 Å². The molecule has 0 spiro atoms. The molecule has 80 valence electrons. The molecule has 0 bridgehead atoms. The Bertz CT molecular complexity index is 241. The maximum absolute atomic E-state index is 11.4. The SMILES string of the molecule is CC(C)COC1=CC(=O)C(C)CC1C. The maximum atomic E-state index is 11.4. The molecule has 0 aromatic rings. The molecule has 2 unspecified atom stereocenters. The molecule has 14 heavy (non-hydrogen) atoms. The Kier molecular flexibility index (Phi) is 3.73. The number of allylic oxidation sites excluding steroid dienone is 2. The monoisotopic (exact) mass is 196 g/mol. The van der Waals surface area contributed by atoms with Crippen molar-refractivity contribution in [1.82, 2.24) is 0 Å². The van der Waals surface area contributed by atoms with E-state index in [9.17, 15) is 4.79 Å². The summed E-state index contributed by atoms with van der Waals surface area (Å²) in [7, 11) is 0. The molecule has 1 aliphatic carbocycles. The number of rotatable bonds is 3. The second-order valence-corrected chi connectivity index (χ2v) is 4.69. The van der Waals surface area contributed by atoms with Crippen molar-refractivity contribution in [2.24, 2.45) is 17.8 Å². The van der Waals surface area contributed by atoms with Crippen LogP contribution in [0.2, 0.25) is 0 Å². The first kappa shape index (κ1) is 11.3. The molecule has 0 aromatic heterocycles. The zero-order valence-corrected chi connectivity index (χ0v) is 9.54. The fourth-order valence-electron chi connectivity index (χ4n) is 1.63. The molecular weight excluding hydrogens is 176 g/mol. The molecule has 0 saturated carbocycles. The Labute approximate surface area is 86.3 Å². The quantitative estimate of drug-likeness (QED) is 0.693. The maximum Gasteiger partial charge on any atom is 0.161 e. The van der Waals surface area contributed by atoms with E-state index in [0.29, 0.717) is 18.4 Å². The van der Waals surface area contributed by atoms with Gasteiger partial charge in [0.1, 0.15) is 5.76 Å². The fourth-order valence-corrected chi connectivity index (χ4v) is 1.63. The zero-order chi connectivity index (χ0) is 10.7. The summed E-state index contributed by atoms with van der Waals surface area (Å²) in [6, 6.07) is 0. The summed E-state index contributed by atoms with van der Waals surface area (Å²) in [5.41, 5.74) is 0. The molecule has 0 fully saturated rings. The van der Waals surface area contributed by atoms with E-state index in [1.807, 2.05) is 6.92 Å². The Morgan fingerprint density at radius 3 is 2.64 bits per heavy atom. The summed E-state index contributed by atoms with van der Waals surface area (Å²) >= 11 is 0. The lowest BCUT2D eigenvalue weighted by Gasteiger charge is -2.24. The summed E-state index contributed by atoms with van der Waals surface area (Å²) in [5.74, 6) is 2.15. The number of ketones is 1. The summed E-state index contributed by atoms with van der Waals surface area (Å²) in [6.07, 6.45) is 2.60. The highest BCUT2D eigenvalue weighted by atomic mass is 16.5. The van der Waals surface area contributed by atoms with E-state index in [4.69, 9.17) is 4.74 Å². The minimum Gasteiger partial charge on any atom is -0.497 e. The second-order valence-electron chi connectivity index (χ2n) is 4.69. The van der Waals surface area contributed by atoms with Crippen LogP contribution in [0.15, 0.2) is 11.8 Å². The number of hydrogen-bond donors (Lipinski definition) is 0. The fraction of sp³-hybridized carbons (Fsp3) is 0.750. The van der Waals surface area contributed by atoms with Crippen molar-refractivity contribution < 1.29 is 9.53 Å². The summed E-state index contributed by atoms with van der Waals surface area (Å²) < 4.78 is 5.62. The van der Waals surface area contributed by atoms with Crippen molar-refractivity contribution in [2.75, 3.05) is 6.61 Å². The standard InChI is InChI=1S/C12H20O2/c1-8(2)7-14-12-6-11(13)9(3)5-10(12)4/h6,8-10H,5,7H2,1-4H3. The van der Waals surface area contributed by atoms with Gasteiger partial charge in [-0.3, -0.25) is 4.79 Å². The Morgan fingerprint density at radius 2 is 2.07 bits per heavy atom. The van der Waals surface area contributed by atoms with Crippen LogP contribution in [-0.2, 0) is 9.53 Å². The van der Waals surface area contributed by atoms with Gasteiger partial charge in [-0.2, -0.15) is 0 Å². The van der Waals surface area contributed by atoms with Gasteiger partial charge >= 0.3 is 0 Å².